The first-order valence-electron chi connectivity index (χ1n) is 15.5. The molecule has 0 aromatic heterocycles. The molecular weight excluding hydrogens is 512 g/mol. The SMILES string of the molecule is C[C@@H]1NC(CCNC2CCN(CC3CC(C4CC4)C(C4=CC[C@H](F)[C@H](F)C4)=C[C@@H]3C)CC2)=C(C=O)C[C@@H]1C(=O)O. The molecule has 3 aliphatic carbocycles. The Morgan fingerprint density at radius 2 is 1.90 bits per heavy atom. The summed E-state index contributed by atoms with van der Waals surface area (Å²) in [5.41, 5.74) is 3.87. The van der Waals surface area contributed by atoms with Crippen LogP contribution in [0, 0.1) is 29.6 Å². The van der Waals surface area contributed by atoms with Gasteiger partial charge in [-0.2, -0.15) is 0 Å². The lowest BCUT2D eigenvalue weighted by Crippen LogP contribution is -2.46. The van der Waals surface area contributed by atoms with Crippen molar-refractivity contribution >= 4 is 12.3 Å². The van der Waals surface area contributed by atoms with Crippen LogP contribution in [0.3, 0.4) is 0 Å². The number of halogens is 2. The molecule has 6 nitrogen and oxygen atoms in total. The molecular formula is C32H47F2N3O3. The zero-order valence-corrected chi connectivity index (χ0v) is 24.1. The van der Waals surface area contributed by atoms with E-state index in [1.54, 1.807) is 0 Å². The highest BCUT2D eigenvalue weighted by atomic mass is 19.2. The molecule has 1 saturated carbocycles. The van der Waals surface area contributed by atoms with Crippen molar-refractivity contribution in [2.24, 2.45) is 29.6 Å². The minimum absolute atomic E-state index is 0.186. The van der Waals surface area contributed by atoms with E-state index in [4.69, 9.17) is 0 Å². The number of likely N-dealkylation sites (tertiary alicyclic amines) is 1. The number of carboxylic acids is 1. The van der Waals surface area contributed by atoms with Crippen LogP contribution >= 0.6 is 0 Å². The van der Waals surface area contributed by atoms with Gasteiger partial charge in [-0.15, -0.1) is 0 Å². The highest BCUT2D eigenvalue weighted by Gasteiger charge is 2.41. The lowest BCUT2D eigenvalue weighted by molar-refractivity contribution is -0.142. The van der Waals surface area contributed by atoms with E-state index in [1.807, 2.05) is 13.0 Å². The van der Waals surface area contributed by atoms with Gasteiger partial charge in [0.1, 0.15) is 18.6 Å². The maximum atomic E-state index is 14.2. The van der Waals surface area contributed by atoms with Crippen LogP contribution in [0.1, 0.15) is 71.6 Å². The molecule has 2 heterocycles. The first-order chi connectivity index (χ1) is 19.2. The van der Waals surface area contributed by atoms with Gasteiger partial charge >= 0.3 is 5.97 Å². The average molecular weight is 560 g/mol. The smallest absolute Gasteiger partial charge is 0.308 e. The third-order valence-corrected chi connectivity index (χ3v) is 10.3. The van der Waals surface area contributed by atoms with Gasteiger partial charge in [-0.05, 0) is 93.4 Å². The molecule has 222 valence electrons. The Balaban J connectivity index is 1.09. The van der Waals surface area contributed by atoms with Crippen LogP contribution in [0.15, 0.2) is 34.6 Å². The summed E-state index contributed by atoms with van der Waals surface area (Å²) in [5, 5.41) is 16.3. The first-order valence-corrected chi connectivity index (χ1v) is 15.5. The van der Waals surface area contributed by atoms with Gasteiger partial charge in [0.15, 0.2) is 0 Å². The van der Waals surface area contributed by atoms with Crippen LogP contribution < -0.4 is 10.6 Å². The highest BCUT2D eigenvalue weighted by Crippen LogP contribution is 2.50. The second-order valence-corrected chi connectivity index (χ2v) is 13.1. The number of aldehydes is 1. The van der Waals surface area contributed by atoms with Crippen molar-refractivity contribution in [2.75, 3.05) is 26.2 Å². The Hall–Kier alpha value is -2.06. The number of rotatable bonds is 10. The topological polar surface area (TPSA) is 81.7 Å². The highest BCUT2D eigenvalue weighted by molar-refractivity contribution is 5.79. The summed E-state index contributed by atoms with van der Waals surface area (Å²) in [7, 11) is 0. The Bertz CT molecular complexity index is 1030. The fourth-order valence-electron chi connectivity index (χ4n) is 7.51. The molecule has 2 aliphatic heterocycles. The van der Waals surface area contributed by atoms with E-state index in [0.29, 0.717) is 48.1 Å². The third-order valence-electron chi connectivity index (χ3n) is 10.3. The van der Waals surface area contributed by atoms with E-state index >= 15 is 0 Å². The number of nitrogens with one attached hydrogen (secondary N) is 2. The molecule has 0 amide bonds. The van der Waals surface area contributed by atoms with Gasteiger partial charge in [-0.1, -0.05) is 19.1 Å². The van der Waals surface area contributed by atoms with Gasteiger partial charge in [0.2, 0.25) is 0 Å². The zero-order chi connectivity index (χ0) is 28.4. The van der Waals surface area contributed by atoms with Crippen LogP contribution in [0.2, 0.25) is 0 Å². The van der Waals surface area contributed by atoms with Crippen LogP contribution in [0.25, 0.3) is 0 Å². The monoisotopic (exact) mass is 559 g/mol. The lowest BCUT2D eigenvalue weighted by atomic mass is 9.70. The van der Waals surface area contributed by atoms with E-state index in [0.717, 1.165) is 63.0 Å². The van der Waals surface area contributed by atoms with Gasteiger partial charge in [0.05, 0.1) is 5.92 Å². The van der Waals surface area contributed by atoms with E-state index in [9.17, 15) is 23.5 Å². The predicted octanol–water partition coefficient (Wildman–Crippen LogP) is 4.97. The summed E-state index contributed by atoms with van der Waals surface area (Å²) in [4.78, 5) is 25.6. The predicted molar refractivity (Wildman–Crippen MR) is 152 cm³/mol. The number of aliphatic carboxylic acids is 1. The molecule has 0 bridgehead atoms. The molecule has 5 rings (SSSR count). The van der Waals surface area contributed by atoms with Crippen LogP contribution in [-0.4, -0.2) is 72.9 Å². The summed E-state index contributed by atoms with van der Waals surface area (Å²) in [6.45, 7) is 8.17. The number of carboxylic acid groups (broad SMARTS) is 1. The molecule has 8 heteroatoms. The molecule has 2 unspecified atom stereocenters. The average Bonchev–Trinajstić information content (AvgIpc) is 3.78. The number of allylic oxidation sites excluding steroid dienone is 5. The van der Waals surface area contributed by atoms with Crippen molar-refractivity contribution in [3.8, 4) is 0 Å². The Kier molecular flexibility index (Phi) is 9.45. The van der Waals surface area contributed by atoms with Crippen LogP contribution in [0.5, 0.6) is 0 Å². The number of piperidine rings is 1. The van der Waals surface area contributed by atoms with Crippen LogP contribution in [-0.2, 0) is 9.59 Å². The van der Waals surface area contributed by atoms with Crippen molar-refractivity contribution in [1.29, 1.82) is 0 Å². The van der Waals surface area contributed by atoms with Crippen molar-refractivity contribution < 1.29 is 23.5 Å². The largest absolute Gasteiger partial charge is 0.481 e. The Morgan fingerprint density at radius 1 is 1.15 bits per heavy atom. The van der Waals surface area contributed by atoms with Crippen molar-refractivity contribution in [3.05, 3.63) is 34.6 Å². The third kappa shape index (κ3) is 6.87. The molecule has 1 saturated heterocycles. The molecule has 0 radical (unpaired) electrons. The minimum atomic E-state index is -1.36. The molecule has 7 atom stereocenters. The van der Waals surface area contributed by atoms with Crippen molar-refractivity contribution in [2.45, 2.75) is 96.1 Å². The maximum absolute atomic E-state index is 14.2. The number of hydrogen-bond donors (Lipinski definition) is 3. The second-order valence-electron chi connectivity index (χ2n) is 13.1. The van der Waals surface area contributed by atoms with E-state index in [2.05, 4.69) is 28.5 Å². The quantitative estimate of drug-likeness (QED) is 0.328. The van der Waals surface area contributed by atoms with E-state index in [-0.39, 0.29) is 18.9 Å². The molecule has 0 spiro atoms. The number of nitrogens with zero attached hydrogens (tertiary/aromatic N) is 1. The fourth-order valence-corrected chi connectivity index (χ4v) is 7.51. The molecule has 3 N–H and O–H groups in total. The lowest BCUT2D eigenvalue weighted by Gasteiger charge is -2.40. The Morgan fingerprint density at radius 3 is 2.55 bits per heavy atom. The van der Waals surface area contributed by atoms with Crippen molar-refractivity contribution in [1.82, 2.24) is 15.5 Å². The normalized spacial score (nSPS) is 36.0. The molecule has 5 aliphatic rings. The fraction of sp³-hybridized carbons (Fsp3) is 0.750. The second kappa shape index (κ2) is 12.8. The van der Waals surface area contributed by atoms with E-state index in [1.165, 1.54) is 18.4 Å². The Labute approximate surface area is 237 Å². The molecule has 40 heavy (non-hydrogen) atoms. The van der Waals surface area contributed by atoms with E-state index < -0.39 is 24.2 Å². The van der Waals surface area contributed by atoms with Gasteiger partial charge < -0.3 is 20.6 Å². The minimum Gasteiger partial charge on any atom is -0.481 e. The number of alkyl halides is 2. The summed E-state index contributed by atoms with van der Waals surface area (Å²) in [6, 6.07) is 0.263. The summed E-state index contributed by atoms with van der Waals surface area (Å²) in [6.07, 6.45) is 9.79. The van der Waals surface area contributed by atoms with Crippen LogP contribution in [0.4, 0.5) is 8.78 Å². The standard InChI is InChI=1S/C32H47F2N3O3/c1-19-13-27(22-5-6-29(33)30(34)16-22)28(21-3-4-21)14-23(19)17-37-11-8-25(9-12-37)35-10-7-31-24(18-38)15-26(32(39)40)20(2)36-31/h5,13,18-21,23,25-26,28-30,35-36H,3-4,6-12,14-17H2,1-2H3,(H,39,40)/t19-,20-,23?,26-,28?,29-,30+/m0/s1. The molecule has 0 aromatic rings. The molecule has 0 aromatic carbocycles. The summed E-state index contributed by atoms with van der Waals surface area (Å²) < 4.78 is 28.0. The summed E-state index contributed by atoms with van der Waals surface area (Å²) >= 11 is 0. The summed E-state index contributed by atoms with van der Waals surface area (Å²) in [5.74, 6) is 0.825. The maximum Gasteiger partial charge on any atom is 0.308 e. The van der Waals surface area contributed by atoms with Gasteiger partial charge in [0, 0.05) is 55.7 Å². The van der Waals surface area contributed by atoms with Gasteiger partial charge in [0.25, 0.3) is 0 Å². The zero-order valence-electron chi connectivity index (χ0n) is 24.1. The number of carbonyl (C=O) groups excluding carboxylic acids is 1. The van der Waals surface area contributed by atoms with Gasteiger partial charge in [-0.25, -0.2) is 8.78 Å². The first kappa shape index (κ1) is 29.4. The van der Waals surface area contributed by atoms with Crippen molar-refractivity contribution in [3.63, 3.8) is 0 Å². The van der Waals surface area contributed by atoms with Gasteiger partial charge in [-0.3, -0.25) is 9.59 Å². The molecule has 2 fully saturated rings. The number of hydrogen-bond acceptors (Lipinski definition) is 5. The number of carbonyl (C=O) groups is 2.